The normalized spacial score (nSPS) is 27.7. The first kappa shape index (κ1) is 15.6. The number of quaternary nitrogens is 1. The van der Waals surface area contributed by atoms with Crippen molar-refractivity contribution >= 4 is 11.5 Å². The van der Waals surface area contributed by atoms with Crippen molar-refractivity contribution in [2.75, 3.05) is 57.0 Å². The summed E-state index contributed by atoms with van der Waals surface area (Å²) in [6, 6.07) is 0.431. The largest absolute Gasteiger partial charge is 0.394 e. The van der Waals surface area contributed by atoms with Gasteiger partial charge in [0.25, 0.3) is 0 Å². The number of aromatic nitrogens is 2. The first-order valence-corrected chi connectivity index (χ1v) is 8.51. The summed E-state index contributed by atoms with van der Waals surface area (Å²) >= 11 is 0. The van der Waals surface area contributed by atoms with Crippen LogP contribution in [0.4, 0.5) is 11.5 Å². The van der Waals surface area contributed by atoms with Gasteiger partial charge in [-0.2, -0.15) is 5.10 Å². The SMILES string of the molecule is CC1CCc2c(N)c(N3CC[N+](C)(CCO)CC3)nn2C1C. The summed E-state index contributed by atoms with van der Waals surface area (Å²) in [5.41, 5.74) is 8.53. The molecule has 0 saturated carbocycles. The number of anilines is 2. The van der Waals surface area contributed by atoms with E-state index in [9.17, 15) is 5.11 Å². The maximum Gasteiger partial charge on any atom is 0.174 e. The molecule has 1 saturated heterocycles. The second kappa shape index (κ2) is 5.74. The summed E-state index contributed by atoms with van der Waals surface area (Å²) in [5, 5.41) is 14.1. The molecule has 0 aliphatic carbocycles. The van der Waals surface area contributed by atoms with E-state index in [2.05, 4.69) is 30.5 Å². The number of hydrogen-bond acceptors (Lipinski definition) is 4. The molecule has 3 N–H and O–H groups in total. The lowest BCUT2D eigenvalue weighted by molar-refractivity contribution is -0.910. The molecule has 0 bridgehead atoms. The number of nitrogens with two attached hydrogens (primary N) is 1. The zero-order chi connectivity index (χ0) is 15.9. The van der Waals surface area contributed by atoms with Gasteiger partial charge in [0.05, 0.1) is 57.3 Å². The zero-order valence-corrected chi connectivity index (χ0v) is 14.1. The highest BCUT2D eigenvalue weighted by atomic mass is 16.3. The lowest BCUT2D eigenvalue weighted by atomic mass is 9.93. The summed E-state index contributed by atoms with van der Waals surface area (Å²) < 4.78 is 3.10. The van der Waals surface area contributed by atoms with Gasteiger partial charge in [-0.25, -0.2) is 0 Å². The Morgan fingerprint density at radius 1 is 1.32 bits per heavy atom. The van der Waals surface area contributed by atoms with E-state index in [1.807, 2.05) is 0 Å². The fourth-order valence-electron chi connectivity index (χ4n) is 3.76. The number of hydrogen-bond donors (Lipinski definition) is 2. The van der Waals surface area contributed by atoms with Crippen LogP contribution in [-0.2, 0) is 6.42 Å². The van der Waals surface area contributed by atoms with Crippen molar-refractivity contribution in [1.29, 1.82) is 0 Å². The van der Waals surface area contributed by atoms with E-state index in [4.69, 9.17) is 10.8 Å². The molecule has 0 spiro atoms. The fraction of sp³-hybridized carbons (Fsp3) is 0.812. The topological polar surface area (TPSA) is 67.3 Å². The van der Waals surface area contributed by atoms with Crippen LogP contribution in [-0.4, -0.2) is 65.7 Å². The Bertz CT molecular complexity index is 533. The second-order valence-corrected chi connectivity index (χ2v) is 7.39. The van der Waals surface area contributed by atoms with E-state index in [0.29, 0.717) is 12.0 Å². The molecule has 2 unspecified atom stereocenters. The Labute approximate surface area is 133 Å². The van der Waals surface area contributed by atoms with E-state index in [1.54, 1.807) is 0 Å². The van der Waals surface area contributed by atoms with Crippen LogP contribution < -0.4 is 10.6 Å². The van der Waals surface area contributed by atoms with Crippen LogP contribution in [0, 0.1) is 5.92 Å². The van der Waals surface area contributed by atoms with Crippen molar-refractivity contribution < 1.29 is 9.59 Å². The number of likely N-dealkylation sites (N-methyl/N-ethyl adjacent to an activating group) is 1. The molecule has 2 atom stereocenters. The first-order valence-electron chi connectivity index (χ1n) is 8.51. The van der Waals surface area contributed by atoms with Crippen LogP contribution in [0.5, 0.6) is 0 Å². The van der Waals surface area contributed by atoms with Crippen LogP contribution in [0.25, 0.3) is 0 Å². The standard InChI is InChI=1S/C16H30N5O/c1-12-4-5-14-15(17)16(18-20(14)13(12)2)19-6-8-21(3,9-7-19)10-11-22/h12-13,22H,4-11,17H2,1-3H3/q+1. The summed E-state index contributed by atoms with van der Waals surface area (Å²) in [6.07, 6.45) is 2.23. The molecule has 0 aromatic carbocycles. The van der Waals surface area contributed by atoms with Gasteiger partial charge in [-0.15, -0.1) is 0 Å². The van der Waals surface area contributed by atoms with Gasteiger partial charge < -0.3 is 20.2 Å². The van der Waals surface area contributed by atoms with Gasteiger partial charge >= 0.3 is 0 Å². The van der Waals surface area contributed by atoms with E-state index >= 15 is 0 Å². The van der Waals surface area contributed by atoms with Crippen molar-refractivity contribution in [3.05, 3.63) is 5.69 Å². The third kappa shape index (κ3) is 2.58. The Kier molecular flexibility index (Phi) is 4.07. The third-order valence-corrected chi connectivity index (χ3v) is 5.84. The average Bonchev–Trinajstić information content (AvgIpc) is 2.82. The molecule has 2 aliphatic heterocycles. The molecular formula is C16H30N5O+. The summed E-state index contributed by atoms with van der Waals surface area (Å²) in [6.45, 7) is 9.62. The van der Waals surface area contributed by atoms with E-state index in [1.165, 1.54) is 12.1 Å². The molecule has 2 aliphatic rings. The molecular weight excluding hydrogens is 278 g/mol. The molecule has 6 heteroatoms. The summed E-state index contributed by atoms with van der Waals surface area (Å²) in [5.74, 6) is 1.64. The first-order chi connectivity index (χ1) is 10.4. The lowest BCUT2D eigenvalue weighted by Crippen LogP contribution is -2.58. The number of aliphatic hydroxyl groups is 1. The van der Waals surface area contributed by atoms with Crippen molar-refractivity contribution in [3.63, 3.8) is 0 Å². The predicted octanol–water partition coefficient (Wildman–Crippen LogP) is 0.868. The number of nitrogen functional groups attached to an aromatic ring is 1. The summed E-state index contributed by atoms with van der Waals surface area (Å²) in [7, 11) is 2.22. The molecule has 3 rings (SSSR count). The lowest BCUT2D eigenvalue weighted by Gasteiger charge is -2.41. The Hall–Kier alpha value is -1.27. The quantitative estimate of drug-likeness (QED) is 0.813. The molecule has 0 radical (unpaired) electrons. The number of nitrogens with zero attached hydrogens (tertiary/aromatic N) is 4. The average molecular weight is 308 g/mol. The highest BCUT2D eigenvalue weighted by Gasteiger charge is 2.33. The zero-order valence-electron chi connectivity index (χ0n) is 14.1. The fourth-order valence-corrected chi connectivity index (χ4v) is 3.76. The van der Waals surface area contributed by atoms with Crippen molar-refractivity contribution in [2.45, 2.75) is 32.7 Å². The summed E-state index contributed by atoms with van der Waals surface area (Å²) in [4.78, 5) is 2.33. The predicted molar refractivity (Wildman–Crippen MR) is 88.9 cm³/mol. The Morgan fingerprint density at radius 2 is 2.00 bits per heavy atom. The van der Waals surface area contributed by atoms with Gasteiger partial charge in [-0.3, -0.25) is 4.68 Å². The highest BCUT2D eigenvalue weighted by molar-refractivity contribution is 5.66. The van der Waals surface area contributed by atoms with Crippen molar-refractivity contribution in [2.24, 2.45) is 5.92 Å². The smallest absolute Gasteiger partial charge is 0.174 e. The van der Waals surface area contributed by atoms with Crippen LogP contribution in [0.15, 0.2) is 0 Å². The van der Waals surface area contributed by atoms with Crippen LogP contribution in [0.2, 0.25) is 0 Å². The number of rotatable bonds is 3. The molecule has 0 amide bonds. The van der Waals surface area contributed by atoms with Gasteiger partial charge in [0, 0.05) is 0 Å². The molecule has 124 valence electrons. The van der Waals surface area contributed by atoms with E-state index < -0.39 is 0 Å². The van der Waals surface area contributed by atoms with Gasteiger partial charge in [0.2, 0.25) is 0 Å². The molecule has 1 fully saturated rings. The minimum Gasteiger partial charge on any atom is -0.394 e. The van der Waals surface area contributed by atoms with Gasteiger partial charge in [0.15, 0.2) is 5.82 Å². The molecule has 1 aromatic rings. The number of fused-ring (bicyclic) bond motifs is 1. The number of piperazine rings is 1. The maximum atomic E-state index is 9.21. The number of aliphatic hydroxyl groups excluding tert-OH is 1. The van der Waals surface area contributed by atoms with Crippen LogP contribution in [0.3, 0.4) is 0 Å². The molecule has 1 aromatic heterocycles. The monoisotopic (exact) mass is 308 g/mol. The van der Waals surface area contributed by atoms with Crippen LogP contribution >= 0.6 is 0 Å². The molecule has 3 heterocycles. The van der Waals surface area contributed by atoms with Gasteiger partial charge in [-0.05, 0) is 25.7 Å². The maximum absolute atomic E-state index is 9.21. The Morgan fingerprint density at radius 3 is 2.64 bits per heavy atom. The van der Waals surface area contributed by atoms with Crippen molar-refractivity contribution in [3.8, 4) is 0 Å². The second-order valence-electron chi connectivity index (χ2n) is 7.39. The van der Waals surface area contributed by atoms with Gasteiger partial charge in [-0.1, -0.05) is 6.92 Å². The van der Waals surface area contributed by atoms with E-state index in [0.717, 1.165) is 55.1 Å². The Balaban J connectivity index is 1.78. The van der Waals surface area contributed by atoms with E-state index in [-0.39, 0.29) is 6.61 Å². The third-order valence-electron chi connectivity index (χ3n) is 5.84. The highest BCUT2D eigenvalue weighted by Crippen LogP contribution is 2.37. The van der Waals surface area contributed by atoms with Crippen LogP contribution in [0.1, 0.15) is 32.0 Å². The minimum atomic E-state index is 0.257. The minimum absolute atomic E-state index is 0.257. The molecule has 6 nitrogen and oxygen atoms in total. The van der Waals surface area contributed by atoms with Crippen molar-refractivity contribution in [1.82, 2.24) is 9.78 Å². The molecule has 22 heavy (non-hydrogen) atoms. The van der Waals surface area contributed by atoms with Gasteiger partial charge in [0.1, 0.15) is 6.54 Å².